The Bertz CT molecular complexity index is 543. The zero-order chi connectivity index (χ0) is 11.7. The number of aromatic amines is 1. The molecule has 0 spiro atoms. The van der Waals surface area contributed by atoms with Crippen molar-refractivity contribution in [1.29, 1.82) is 0 Å². The first-order chi connectivity index (χ1) is 7.56. The van der Waals surface area contributed by atoms with E-state index < -0.39 is 5.76 Å². The lowest BCUT2D eigenvalue weighted by atomic mass is 9.97. The molecule has 0 atom stereocenters. The molecule has 0 aliphatic carbocycles. The maximum absolute atomic E-state index is 10.8. The summed E-state index contributed by atoms with van der Waals surface area (Å²) >= 11 is 0. The molecule has 16 heavy (non-hydrogen) atoms. The van der Waals surface area contributed by atoms with Gasteiger partial charge in [0.2, 0.25) is 0 Å². The van der Waals surface area contributed by atoms with Crippen LogP contribution in [-0.2, 0) is 6.42 Å². The molecule has 0 saturated carbocycles. The molecule has 0 amide bonds. The summed E-state index contributed by atoms with van der Waals surface area (Å²) < 4.78 is 4.48. The maximum atomic E-state index is 10.8. The third kappa shape index (κ3) is 2.05. The quantitative estimate of drug-likeness (QED) is 0.837. The number of H-pyrrole nitrogens is 1. The molecule has 1 aromatic heterocycles. The predicted molar refractivity (Wildman–Crippen MR) is 60.6 cm³/mol. The molecule has 84 valence electrons. The zero-order valence-corrected chi connectivity index (χ0v) is 9.63. The van der Waals surface area contributed by atoms with E-state index in [1.807, 2.05) is 0 Å². The maximum Gasteiger partial charge on any atom is 0.438 e. The van der Waals surface area contributed by atoms with E-state index in [0.29, 0.717) is 12.2 Å². The van der Waals surface area contributed by atoms with Crippen LogP contribution in [0.1, 0.15) is 28.1 Å². The fraction of sp³-hybridized carbons (Fsp3) is 0.333. The van der Waals surface area contributed by atoms with Gasteiger partial charge in [0, 0.05) is 6.42 Å². The first-order valence-electron chi connectivity index (χ1n) is 5.18. The molecule has 2 aromatic rings. The Kier molecular flexibility index (Phi) is 2.64. The van der Waals surface area contributed by atoms with E-state index in [4.69, 9.17) is 0 Å². The average molecular weight is 218 g/mol. The lowest BCUT2D eigenvalue weighted by Crippen LogP contribution is -2.01. The summed E-state index contributed by atoms with van der Waals surface area (Å²) in [5.74, 6) is 0.0671. The normalized spacial score (nSPS) is 10.7. The van der Waals surface area contributed by atoms with Crippen molar-refractivity contribution in [2.24, 2.45) is 0 Å². The molecule has 0 bridgehead atoms. The Balaban J connectivity index is 2.38. The minimum absolute atomic E-state index is 0.502. The van der Waals surface area contributed by atoms with Crippen molar-refractivity contribution in [3.05, 3.63) is 50.8 Å². The highest BCUT2D eigenvalue weighted by Gasteiger charge is 2.08. The fourth-order valence-corrected chi connectivity index (χ4v) is 1.99. The van der Waals surface area contributed by atoms with Gasteiger partial charge in [-0.05, 0) is 37.5 Å². The third-order valence-electron chi connectivity index (χ3n) is 2.67. The second-order valence-corrected chi connectivity index (χ2v) is 4.10. The Morgan fingerprint density at radius 3 is 2.38 bits per heavy atom. The van der Waals surface area contributed by atoms with Crippen LogP contribution in [0.25, 0.3) is 0 Å². The van der Waals surface area contributed by atoms with Crippen LogP contribution in [0.5, 0.6) is 0 Å². The van der Waals surface area contributed by atoms with Gasteiger partial charge in [-0.25, -0.2) is 4.79 Å². The van der Waals surface area contributed by atoms with Crippen LogP contribution in [0, 0.1) is 20.8 Å². The van der Waals surface area contributed by atoms with Gasteiger partial charge in [0.05, 0.1) is 0 Å². The number of aryl methyl sites for hydroxylation is 3. The van der Waals surface area contributed by atoms with Crippen molar-refractivity contribution < 1.29 is 4.52 Å². The predicted octanol–water partition coefficient (Wildman–Crippen LogP) is 1.88. The van der Waals surface area contributed by atoms with Crippen molar-refractivity contribution in [1.82, 2.24) is 10.1 Å². The molecule has 0 unspecified atom stereocenters. The number of benzene rings is 1. The van der Waals surface area contributed by atoms with Crippen LogP contribution in [0.2, 0.25) is 0 Å². The monoisotopic (exact) mass is 218 g/mol. The van der Waals surface area contributed by atoms with Gasteiger partial charge in [-0.2, -0.15) is 0 Å². The van der Waals surface area contributed by atoms with Crippen molar-refractivity contribution in [3.8, 4) is 0 Å². The van der Waals surface area contributed by atoms with Gasteiger partial charge in [-0.1, -0.05) is 22.9 Å². The van der Waals surface area contributed by atoms with Crippen LogP contribution in [0.3, 0.4) is 0 Å². The number of hydrogen-bond donors (Lipinski definition) is 1. The SMILES string of the molecule is Cc1cc(C)c(Cc2noc(=O)[nH]2)c(C)c1. The molecule has 0 aliphatic heterocycles. The average Bonchev–Trinajstić information content (AvgIpc) is 2.58. The van der Waals surface area contributed by atoms with Gasteiger partial charge in [0.1, 0.15) is 0 Å². The minimum Gasteiger partial charge on any atom is -0.296 e. The molecule has 0 fully saturated rings. The second-order valence-electron chi connectivity index (χ2n) is 4.10. The van der Waals surface area contributed by atoms with Gasteiger partial charge < -0.3 is 0 Å². The Morgan fingerprint density at radius 1 is 1.25 bits per heavy atom. The van der Waals surface area contributed by atoms with Crippen molar-refractivity contribution in [3.63, 3.8) is 0 Å². The molecule has 1 heterocycles. The molecule has 1 N–H and O–H groups in total. The summed E-state index contributed by atoms with van der Waals surface area (Å²) in [6, 6.07) is 4.25. The Hall–Kier alpha value is -1.84. The number of nitrogens with zero attached hydrogens (tertiary/aromatic N) is 1. The highest BCUT2D eigenvalue weighted by Crippen LogP contribution is 2.18. The minimum atomic E-state index is -0.502. The molecule has 1 aromatic carbocycles. The molecule has 4 heteroatoms. The van der Waals surface area contributed by atoms with E-state index in [9.17, 15) is 4.79 Å². The molecule has 4 nitrogen and oxygen atoms in total. The largest absolute Gasteiger partial charge is 0.438 e. The van der Waals surface area contributed by atoms with Gasteiger partial charge >= 0.3 is 5.76 Å². The summed E-state index contributed by atoms with van der Waals surface area (Å²) in [5.41, 5.74) is 4.85. The van der Waals surface area contributed by atoms with Crippen LogP contribution >= 0.6 is 0 Å². The molecule has 0 saturated heterocycles. The molecule has 0 radical (unpaired) electrons. The van der Waals surface area contributed by atoms with E-state index in [-0.39, 0.29) is 0 Å². The summed E-state index contributed by atoms with van der Waals surface area (Å²) in [4.78, 5) is 13.4. The van der Waals surface area contributed by atoms with Gasteiger partial charge in [-0.3, -0.25) is 9.51 Å². The number of nitrogens with one attached hydrogen (secondary N) is 1. The van der Waals surface area contributed by atoms with Gasteiger partial charge in [-0.15, -0.1) is 0 Å². The van der Waals surface area contributed by atoms with Crippen molar-refractivity contribution >= 4 is 0 Å². The third-order valence-corrected chi connectivity index (χ3v) is 2.67. The highest BCUT2D eigenvalue weighted by atomic mass is 16.5. The molecule has 2 rings (SSSR count). The van der Waals surface area contributed by atoms with Crippen LogP contribution < -0.4 is 5.76 Å². The summed E-state index contributed by atoms with van der Waals surface area (Å²) in [7, 11) is 0. The van der Waals surface area contributed by atoms with E-state index in [0.717, 1.165) is 0 Å². The Labute approximate surface area is 93.3 Å². The van der Waals surface area contributed by atoms with Crippen LogP contribution in [-0.4, -0.2) is 10.1 Å². The fourth-order valence-electron chi connectivity index (χ4n) is 1.99. The Morgan fingerprint density at radius 2 is 1.88 bits per heavy atom. The van der Waals surface area contributed by atoms with Crippen LogP contribution in [0.4, 0.5) is 0 Å². The number of hydrogen-bond acceptors (Lipinski definition) is 3. The van der Waals surface area contributed by atoms with Gasteiger partial charge in [0.25, 0.3) is 0 Å². The first-order valence-corrected chi connectivity index (χ1v) is 5.18. The van der Waals surface area contributed by atoms with Crippen LogP contribution in [0.15, 0.2) is 21.5 Å². The van der Waals surface area contributed by atoms with E-state index >= 15 is 0 Å². The number of rotatable bonds is 2. The lowest BCUT2D eigenvalue weighted by Gasteiger charge is -2.09. The van der Waals surface area contributed by atoms with Crippen molar-refractivity contribution in [2.75, 3.05) is 0 Å². The molecular weight excluding hydrogens is 204 g/mol. The topological polar surface area (TPSA) is 58.9 Å². The highest BCUT2D eigenvalue weighted by molar-refractivity contribution is 5.38. The zero-order valence-electron chi connectivity index (χ0n) is 9.63. The molecule has 0 aliphatic rings. The van der Waals surface area contributed by atoms with E-state index in [1.165, 1.54) is 22.3 Å². The number of aromatic nitrogens is 2. The second kappa shape index (κ2) is 3.96. The summed E-state index contributed by atoms with van der Waals surface area (Å²) in [5, 5.41) is 3.67. The smallest absolute Gasteiger partial charge is 0.296 e. The summed E-state index contributed by atoms with van der Waals surface area (Å²) in [6.07, 6.45) is 0.601. The first kappa shape index (κ1) is 10.7. The summed E-state index contributed by atoms with van der Waals surface area (Å²) in [6.45, 7) is 6.20. The van der Waals surface area contributed by atoms with E-state index in [1.54, 1.807) is 0 Å². The standard InChI is InChI=1S/C12H14N2O2/c1-7-4-8(2)10(9(3)5-7)6-11-13-12(15)16-14-11/h4-5H,6H2,1-3H3,(H,13,14,15). The van der Waals surface area contributed by atoms with E-state index in [2.05, 4.69) is 47.6 Å². The lowest BCUT2D eigenvalue weighted by molar-refractivity contribution is 0.382. The molecular formula is C12H14N2O2. The van der Waals surface area contributed by atoms with Crippen molar-refractivity contribution in [2.45, 2.75) is 27.2 Å². The van der Waals surface area contributed by atoms with Gasteiger partial charge in [0.15, 0.2) is 5.82 Å².